The van der Waals surface area contributed by atoms with Gasteiger partial charge in [-0.1, -0.05) is 12.1 Å². The average Bonchev–Trinajstić information content (AvgIpc) is 2.48. The predicted molar refractivity (Wildman–Crippen MR) is 85.8 cm³/mol. The van der Waals surface area contributed by atoms with Gasteiger partial charge in [-0.3, -0.25) is 9.59 Å². The van der Waals surface area contributed by atoms with Crippen molar-refractivity contribution in [1.29, 1.82) is 0 Å². The highest BCUT2D eigenvalue weighted by Gasteiger charge is 2.08. The number of carbonyl (C=O) groups is 1. The Morgan fingerprint density at radius 3 is 2.71 bits per heavy atom. The molecule has 1 N–H and O–H groups in total. The van der Waals surface area contributed by atoms with E-state index in [0.29, 0.717) is 12.1 Å². The summed E-state index contributed by atoms with van der Waals surface area (Å²) in [6.45, 7) is 2.49. The number of hydrogen-bond acceptors (Lipinski definition) is 3. The number of hydrogen-bond donors (Lipinski definition) is 1. The monoisotopic (exact) mass is 302 g/mol. The summed E-state index contributed by atoms with van der Waals surface area (Å²) in [7, 11) is 1.65. The first-order valence-corrected chi connectivity index (χ1v) is 7.82. The number of amides is 1. The van der Waals surface area contributed by atoms with Crippen molar-refractivity contribution in [3.63, 3.8) is 0 Å². The van der Waals surface area contributed by atoms with Gasteiger partial charge in [0.15, 0.2) is 0 Å². The predicted octanol–water partition coefficient (Wildman–Crippen LogP) is 2.35. The lowest BCUT2D eigenvalue weighted by molar-refractivity contribution is 0.0950. The van der Waals surface area contributed by atoms with E-state index in [1.54, 1.807) is 31.1 Å². The van der Waals surface area contributed by atoms with Crippen LogP contribution in [0.2, 0.25) is 0 Å². The van der Waals surface area contributed by atoms with Gasteiger partial charge in [-0.2, -0.15) is 0 Å². The Hall–Kier alpha value is -2.01. The van der Waals surface area contributed by atoms with Crippen molar-refractivity contribution in [2.45, 2.75) is 18.4 Å². The van der Waals surface area contributed by atoms with Crippen LogP contribution in [0.15, 0.2) is 46.2 Å². The molecule has 0 unspecified atom stereocenters. The summed E-state index contributed by atoms with van der Waals surface area (Å²) in [5, 5.41) is 2.86. The van der Waals surface area contributed by atoms with Crippen molar-refractivity contribution in [3.8, 4) is 0 Å². The van der Waals surface area contributed by atoms with Crippen molar-refractivity contribution in [1.82, 2.24) is 9.88 Å². The van der Waals surface area contributed by atoms with Crippen LogP contribution in [0.4, 0.5) is 0 Å². The zero-order valence-corrected chi connectivity index (χ0v) is 13.2. The number of carbonyl (C=O) groups excluding carboxylic acids is 1. The molecule has 1 amide bonds. The summed E-state index contributed by atoms with van der Waals surface area (Å²) in [5.41, 5.74) is 2.46. The zero-order valence-electron chi connectivity index (χ0n) is 12.3. The van der Waals surface area contributed by atoms with Crippen molar-refractivity contribution < 1.29 is 4.79 Å². The highest BCUT2D eigenvalue weighted by Crippen LogP contribution is 2.21. The molecule has 5 heteroatoms. The van der Waals surface area contributed by atoms with Gasteiger partial charge in [0.2, 0.25) is 0 Å². The van der Waals surface area contributed by atoms with E-state index in [9.17, 15) is 9.59 Å². The zero-order chi connectivity index (χ0) is 15.4. The van der Waals surface area contributed by atoms with Crippen LogP contribution >= 0.6 is 11.8 Å². The van der Waals surface area contributed by atoms with Crippen molar-refractivity contribution in [2.75, 3.05) is 6.26 Å². The number of nitrogens with zero attached hydrogens (tertiary/aromatic N) is 1. The lowest BCUT2D eigenvalue weighted by Gasteiger charge is -2.10. The fourth-order valence-corrected chi connectivity index (χ4v) is 2.67. The third-order valence-electron chi connectivity index (χ3n) is 3.25. The van der Waals surface area contributed by atoms with E-state index in [0.717, 1.165) is 10.5 Å². The summed E-state index contributed by atoms with van der Waals surface area (Å²) >= 11 is 1.66. The first-order chi connectivity index (χ1) is 10.0. The molecule has 0 fully saturated rings. The van der Waals surface area contributed by atoms with Crippen LogP contribution in [0.1, 0.15) is 21.5 Å². The molecule has 0 spiro atoms. The smallest absolute Gasteiger partial charge is 0.251 e. The molecule has 0 saturated carbocycles. The van der Waals surface area contributed by atoms with Gasteiger partial charge in [0.25, 0.3) is 11.5 Å². The molecule has 110 valence electrons. The van der Waals surface area contributed by atoms with Crippen LogP contribution in [0.25, 0.3) is 0 Å². The summed E-state index contributed by atoms with van der Waals surface area (Å²) in [6, 6.07) is 9.14. The normalized spacial score (nSPS) is 10.4. The molecular weight excluding hydrogens is 284 g/mol. The molecule has 0 radical (unpaired) electrons. The maximum Gasteiger partial charge on any atom is 0.251 e. The van der Waals surface area contributed by atoms with E-state index in [2.05, 4.69) is 11.4 Å². The Morgan fingerprint density at radius 1 is 1.29 bits per heavy atom. The fourth-order valence-electron chi connectivity index (χ4n) is 1.97. The first kappa shape index (κ1) is 15.4. The summed E-state index contributed by atoms with van der Waals surface area (Å²) in [5.74, 6) is -0.236. The molecule has 4 nitrogen and oxygen atoms in total. The number of rotatable bonds is 4. The summed E-state index contributed by atoms with van der Waals surface area (Å²) in [6.07, 6.45) is 3.61. The van der Waals surface area contributed by atoms with E-state index >= 15 is 0 Å². The number of aryl methyl sites for hydroxylation is 2. The molecule has 0 atom stereocenters. The highest BCUT2D eigenvalue weighted by atomic mass is 32.2. The molecule has 1 aromatic heterocycles. The van der Waals surface area contributed by atoms with E-state index in [-0.39, 0.29) is 11.5 Å². The van der Waals surface area contributed by atoms with Gasteiger partial charge >= 0.3 is 0 Å². The second-order valence-corrected chi connectivity index (χ2v) is 5.71. The minimum absolute atomic E-state index is 0.192. The molecule has 2 aromatic rings. The SMILES string of the molecule is CSc1cc(C)ccc1CNC(=O)c1ccn(C)c(=O)c1. The Morgan fingerprint density at radius 2 is 2.05 bits per heavy atom. The molecule has 1 heterocycles. The van der Waals surface area contributed by atoms with Crippen LogP contribution in [-0.4, -0.2) is 16.7 Å². The summed E-state index contributed by atoms with van der Waals surface area (Å²) < 4.78 is 1.43. The maximum atomic E-state index is 12.1. The fraction of sp³-hybridized carbons (Fsp3) is 0.250. The van der Waals surface area contributed by atoms with Gasteiger partial charge < -0.3 is 9.88 Å². The van der Waals surface area contributed by atoms with E-state index in [1.807, 2.05) is 25.3 Å². The largest absolute Gasteiger partial charge is 0.348 e. The Bertz CT molecular complexity index is 722. The van der Waals surface area contributed by atoms with Gasteiger partial charge in [0, 0.05) is 36.3 Å². The minimum Gasteiger partial charge on any atom is -0.348 e. The van der Waals surface area contributed by atoms with E-state index < -0.39 is 0 Å². The second kappa shape index (κ2) is 6.63. The van der Waals surface area contributed by atoms with Gasteiger partial charge in [0.05, 0.1) is 0 Å². The van der Waals surface area contributed by atoms with Crippen molar-refractivity contribution >= 4 is 17.7 Å². The van der Waals surface area contributed by atoms with Gasteiger partial charge in [-0.05, 0) is 36.4 Å². The van der Waals surface area contributed by atoms with Crippen LogP contribution in [-0.2, 0) is 13.6 Å². The molecule has 0 aliphatic rings. The van der Waals surface area contributed by atoms with Gasteiger partial charge in [-0.15, -0.1) is 11.8 Å². The Labute approximate surface area is 128 Å². The third-order valence-corrected chi connectivity index (χ3v) is 4.07. The lowest BCUT2D eigenvalue weighted by Crippen LogP contribution is -2.25. The summed E-state index contributed by atoms with van der Waals surface area (Å²) in [4.78, 5) is 24.8. The minimum atomic E-state index is -0.236. The molecule has 0 saturated heterocycles. The van der Waals surface area contributed by atoms with Crippen LogP contribution in [0.5, 0.6) is 0 Å². The quantitative estimate of drug-likeness (QED) is 0.882. The van der Waals surface area contributed by atoms with Crippen molar-refractivity contribution in [3.05, 3.63) is 63.6 Å². The third kappa shape index (κ3) is 3.76. The maximum absolute atomic E-state index is 12.1. The first-order valence-electron chi connectivity index (χ1n) is 6.59. The average molecular weight is 302 g/mol. The molecular formula is C16H18N2O2S. The second-order valence-electron chi connectivity index (χ2n) is 4.86. The number of pyridine rings is 1. The Kier molecular flexibility index (Phi) is 4.85. The Balaban J connectivity index is 2.10. The molecule has 0 aliphatic carbocycles. The van der Waals surface area contributed by atoms with E-state index in [4.69, 9.17) is 0 Å². The van der Waals surface area contributed by atoms with Gasteiger partial charge in [-0.25, -0.2) is 0 Å². The molecule has 0 aliphatic heterocycles. The standard InChI is InChI=1S/C16H18N2O2S/c1-11-4-5-13(14(8-11)21-3)10-17-16(20)12-6-7-18(2)15(19)9-12/h4-9H,10H2,1-3H3,(H,17,20). The van der Waals surface area contributed by atoms with Crippen LogP contribution in [0.3, 0.4) is 0 Å². The number of benzene rings is 1. The number of thioether (sulfide) groups is 1. The molecule has 21 heavy (non-hydrogen) atoms. The number of aromatic nitrogens is 1. The highest BCUT2D eigenvalue weighted by molar-refractivity contribution is 7.98. The van der Waals surface area contributed by atoms with E-state index in [1.165, 1.54) is 16.2 Å². The molecule has 1 aromatic carbocycles. The van der Waals surface area contributed by atoms with Crippen molar-refractivity contribution in [2.24, 2.45) is 7.05 Å². The lowest BCUT2D eigenvalue weighted by atomic mass is 10.1. The molecule has 2 rings (SSSR count). The van der Waals surface area contributed by atoms with Crippen LogP contribution < -0.4 is 10.9 Å². The van der Waals surface area contributed by atoms with Crippen LogP contribution in [0, 0.1) is 6.92 Å². The topological polar surface area (TPSA) is 51.1 Å². The number of nitrogens with one attached hydrogen (secondary N) is 1. The van der Waals surface area contributed by atoms with Gasteiger partial charge in [0.1, 0.15) is 0 Å². The molecule has 0 bridgehead atoms.